The Hall–Kier alpha value is -2.41. The molecule has 1 aromatic carbocycles. The van der Waals surface area contributed by atoms with Crippen LogP contribution < -0.4 is 21.3 Å². The third-order valence-electron chi connectivity index (χ3n) is 4.07. The van der Waals surface area contributed by atoms with E-state index in [4.69, 9.17) is 5.73 Å². The minimum absolute atomic E-state index is 0.00938. The minimum Gasteiger partial charge on any atom is -0.346 e. The average Bonchev–Trinajstić information content (AvgIpc) is 3.00. The largest absolute Gasteiger partial charge is 0.346 e. The summed E-state index contributed by atoms with van der Waals surface area (Å²) in [6.45, 7) is 3.99. The lowest BCUT2D eigenvalue weighted by Crippen LogP contribution is -2.48. The Kier molecular flexibility index (Phi) is 5.92. The number of para-hydroxylation sites is 1. The molecule has 2 rings (SSSR count). The number of nitrogens with zero attached hydrogens (tertiary/aromatic N) is 1. The molecule has 0 aliphatic carbocycles. The van der Waals surface area contributed by atoms with Crippen molar-refractivity contribution in [2.24, 2.45) is 11.7 Å². The Morgan fingerprint density at radius 3 is 2.58 bits per heavy atom. The summed E-state index contributed by atoms with van der Waals surface area (Å²) in [4.78, 5) is 37.4. The molecule has 0 fully saturated rings. The standard InChI is InChI=1S/C17H24N4O3/c1-11(2)16(18)17(24)20-9-14(22)19-10-15(23)21-8-7-12-5-3-4-6-13(12)21/h3-6,11,16H,7-10,18H2,1-2H3,(H,19,22)(H,20,24)/t16-/m0/s1. The van der Waals surface area contributed by atoms with Gasteiger partial charge >= 0.3 is 0 Å². The highest BCUT2D eigenvalue weighted by Gasteiger charge is 2.24. The highest BCUT2D eigenvalue weighted by molar-refractivity contribution is 5.98. The van der Waals surface area contributed by atoms with Gasteiger partial charge in [0.2, 0.25) is 17.7 Å². The van der Waals surface area contributed by atoms with Gasteiger partial charge in [-0.1, -0.05) is 32.0 Å². The Bertz CT molecular complexity index is 630. The van der Waals surface area contributed by atoms with E-state index < -0.39 is 11.9 Å². The molecule has 1 atom stereocenters. The zero-order valence-electron chi connectivity index (χ0n) is 14.0. The van der Waals surface area contributed by atoms with E-state index in [0.717, 1.165) is 17.7 Å². The maximum Gasteiger partial charge on any atom is 0.246 e. The van der Waals surface area contributed by atoms with Crippen molar-refractivity contribution in [2.75, 3.05) is 24.5 Å². The summed E-state index contributed by atoms with van der Waals surface area (Å²) in [6.07, 6.45) is 0.818. The second-order valence-corrected chi connectivity index (χ2v) is 6.19. The molecule has 3 amide bonds. The molecule has 7 heteroatoms. The summed E-state index contributed by atoms with van der Waals surface area (Å²) in [6, 6.07) is 7.07. The van der Waals surface area contributed by atoms with Crippen LogP contribution in [0.15, 0.2) is 24.3 Å². The lowest BCUT2D eigenvalue weighted by Gasteiger charge is -2.18. The Morgan fingerprint density at radius 1 is 1.17 bits per heavy atom. The quantitative estimate of drug-likeness (QED) is 0.670. The van der Waals surface area contributed by atoms with Gasteiger partial charge < -0.3 is 21.3 Å². The van der Waals surface area contributed by atoms with Crippen molar-refractivity contribution in [3.63, 3.8) is 0 Å². The monoisotopic (exact) mass is 332 g/mol. The average molecular weight is 332 g/mol. The number of hydrogen-bond donors (Lipinski definition) is 3. The molecule has 1 heterocycles. The highest BCUT2D eigenvalue weighted by atomic mass is 16.2. The van der Waals surface area contributed by atoms with Gasteiger partial charge in [-0.05, 0) is 24.0 Å². The summed E-state index contributed by atoms with van der Waals surface area (Å²) in [5, 5.41) is 5.00. The van der Waals surface area contributed by atoms with E-state index in [0.29, 0.717) is 6.54 Å². The van der Waals surface area contributed by atoms with Crippen LogP contribution in [0.5, 0.6) is 0 Å². The second kappa shape index (κ2) is 7.92. The first-order chi connectivity index (χ1) is 11.4. The molecule has 1 aliphatic heterocycles. The number of carbonyl (C=O) groups is 3. The van der Waals surface area contributed by atoms with E-state index in [9.17, 15) is 14.4 Å². The molecule has 0 spiro atoms. The molecule has 0 unspecified atom stereocenters. The fraction of sp³-hybridized carbons (Fsp3) is 0.471. The van der Waals surface area contributed by atoms with Crippen LogP contribution in [-0.4, -0.2) is 43.4 Å². The highest BCUT2D eigenvalue weighted by Crippen LogP contribution is 2.27. The molecule has 0 bridgehead atoms. The number of rotatable bonds is 6. The molecular weight excluding hydrogens is 308 g/mol. The van der Waals surface area contributed by atoms with Gasteiger partial charge in [0.25, 0.3) is 0 Å². The molecule has 0 radical (unpaired) electrons. The topological polar surface area (TPSA) is 105 Å². The van der Waals surface area contributed by atoms with Gasteiger partial charge in [0, 0.05) is 12.2 Å². The van der Waals surface area contributed by atoms with Gasteiger partial charge in [-0.25, -0.2) is 0 Å². The van der Waals surface area contributed by atoms with Crippen molar-refractivity contribution in [2.45, 2.75) is 26.3 Å². The van der Waals surface area contributed by atoms with Crippen LogP contribution in [0.3, 0.4) is 0 Å². The van der Waals surface area contributed by atoms with Crippen molar-refractivity contribution in [1.82, 2.24) is 10.6 Å². The van der Waals surface area contributed by atoms with Crippen LogP contribution in [0.25, 0.3) is 0 Å². The number of carbonyl (C=O) groups excluding carboxylic acids is 3. The summed E-state index contributed by atoms with van der Waals surface area (Å²) in [5.41, 5.74) is 7.72. The molecule has 7 nitrogen and oxygen atoms in total. The van der Waals surface area contributed by atoms with Crippen molar-refractivity contribution in [1.29, 1.82) is 0 Å². The smallest absolute Gasteiger partial charge is 0.246 e. The number of amides is 3. The van der Waals surface area contributed by atoms with Crippen LogP contribution in [0, 0.1) is 5.92 Å². The van der Waals surface area contributed by atoms with Crippen LogP contribution in [0.2, 0.25) is 0 Å². The third kappa shape index (κ3) is 4.32. The Labute approximate surface area is 141 Å². The van der Waals surface area contributed by atoms with Gasteiger partial charge in [-0.15, -0.1) is 0 Å². The summed E-state index contributed by atoms with van der Waals surface area (Å²) in [7, 11) is 0. The van der Waals surface area contributed by atoms with Crippen LogP contribution in [-0.2, 0) is 20.8 Å². The van der Waals surface area contributed by atoms with Gasteiger partial charge in [0.15, 0.2) is 0 Å². The van der Waals surface area contributed by atoms with E-state index in [1.54, 1.807) is 4.90 Å². The molecule has 1 aromatic rings. The molecule has 1 aliphatic rings. The van der Waals surface area contributed by atoms with E-state index >= 15 is 0 Å². The molecule has 24 heavy (non-hydrogen) atoms. The number of hydrogen-bond acceptors (Lipinski definition) is 4. The number of nitrogens with two attached hydrogens (primary N) is 1. The van der Waals surface area contributed by atoms with Crippen molar-refractivity contribution in [3.05, 3.63) is 29.8 Å². The van der Waals surface area contributed by atoms with Crippen molar-refractivity contribution < 1.29 is 14.4 Å². The van der Waals surface area contributed by atoms with E-state index in [1.165, 1.54) is 0 Å². The first-order valence-electron chi connectivity index (χ1n) is 8.08. The van der Waals surface area contributed by atoms with Crippen molar-refractivity contribution >= 4 is 23.4 Å². The van der Waals surface area contributed by atoms with Crippen LogP contribution in [0.1, 0.15) is 19.4 Å². The van der Waals surface area contributed by atoms with Gasteiger partial charge in [-0.3, -0.25) is 14.4 Å². The van der Waals surface area contributed by atoms with E-state index in [2.05, 4.69) is 10.6 Å². The summed E-state index contributed by atoms with van der Waals surface area (Å²) in [5.74, 6) is -0.969. The Balaban J connectivity index is 1.76. The number of nitrogens with one attached hydrogen (secondary N) is 2. The number of fused-ring (bicyclic) bond motifs is 1. The summed E-state index contributed by atoms with van der Waals surface area (Å²) < 4.78 is 0. The van der Waals surface area contributed by atoms with Gasteiger partial charge in [0.05, 0.1) is 19.1 Å². The van der Waals surface area contributed by atoms with Crippen LogP contribution in [0.4, 0.5) is 5.69 Å². The zero-order valence-corrected chi connectivity index (χ0v) is 14.0. The number of benzene rings is 1. The SMILES string of the molecule is CC(C)[C@H](N)C(=O)NCC(=O)NCC(=O)N1CCc2ccccc21. The first kappa shape index (κ1) is 17.9. The molecule has 0 aromatic heterocycles. The second-order valence-electron chi connectivity index (χ2n) is 6.19. The first-order valence-corrected chi connectivity index (χ1v) is 8.08. The lowest BCUT2D eigenvalue weighted by molar-refractivity contribution is -0.128. The Morgan fingerprint density at radius 2 is 1.88 bits per heavy atom. The molecule has 130 valence electrons. The van der Waals surface area contributed by atoms with E-state index in [1.807, 2.05) is 38.1 Å². The zero-order chi connectivity index (χ0) is 17.7. The van der Waals surface area contributed by atoms with E-state index in [-0.39, 0.29) is 30.8 Å². The van der Waals surface area contributed by atoms with Crippen LogP contribution >= 0.6 is 0 Å². The predicted molar refractivity (Wildman–Crippen MR) is 91.3 cm³/mol. The van der Waals surface area contributed by atoms with Gasteiger partial charge in [-0.2, -0.15) is 0 Å². The normalized spacial score (nSPS) is 14.2. The van der Waals surface area contributed by atoms with Gasteiger partial charge in [0.1, 0.15) is 0 Å². The lowest BCUT2D eigenvalue weighted by atomic mass is 10.1. The summed E-state index contributed by atoms with van der Waals surface area (Å²) >= 11 is 0. The number of anilines is 1. The fourth-order valence-electron chi connectivity index (χ4n) is 2.52. The molecule has 0 saturated carbocycles. The maximum atomic E-state index is 12.3. The van der Waals surface area contributed by atoms with Crippen molar-refractivity contribution in [3.8, 4) is 0 Å². The third-order valence-corrected chi connectivity index (χ3v) is 4.07. The molecular formula is C17H24N4O3. The predicted octanol–water partition coefficient (Wildman–Crippen LogP) is -0.209. The molecule has 4 N–H and O–H groups in total. The fourth-order valence-corrected chi connectivity index (χ4v) is 2.52. The maximum absolute atomic E-state index is 12.3. The minimum atomic E-state index is -0.652. The molecule has 0 saturated heterocycles.